The lowest BCUT2D eigenvalue weighted by molar-refractivity contribution is -0.131. The van der Waals surface area contributed by atoms with Crippen LogP contribution in [-0.2, 0) is 11.2 Å². The highest BCUT2D eigenvalue weighted by Gasteiger charge is 2.19. The minimum absolute atomic E-state index is 0.0383. The van der Waals surface area contributed by atoms with Crippen LogP contribution in [0, 0.1) is 19.7 Å². The van der Waals surface area contributed by atoms with Crippen LogP contribution in [0.2, 0.25) is 0 Å². The molecule has 0 saturated heterocycles. The van der Waals surface area contributed by atoms with Crippen LogP contribution in [0.1, 0.15) is 41.9 Å². The predicted molar refractivity (Wildman–Crippen MR) is 116 cm³/mol. The van der Waals surface area contributed by atoms with Crippen molar-refractivity contribution in [2.45, 2.75) is 39.7 Å². The lowest BCUT2D eigenvalue weighted by Crippen LogP contribution is -2.30. The van der Waals surface area contributed by atoms with Gasteiger partial charge >= 0.3 is 0 Å². The molecule has 0 radical (unpaired) electrons. The summed E-state index contributed by atoms with van der Waals surface area (Å²) in [6.07, 6.45) is 0.966. The second kappa shape index (κ2) is 7.86. The number of rotatable bonds is 5. The molecule has 0 fully saturated rings. The van der Waals surface area contributed by atoms with Crippen molar-refractivity contribution < 1.29 is 9.18 Å². The summed E-state index contributed by atoms with van der Waals surface area (Å²) in [7, 11) is 1.79. The van der Waals surface area contributed by atoms with Crippen molar-refractivity contribution in [1.29, 1.82) is 0 Å². The van der Waals surface area contributed by atoms with Gasteiger partial charge < -0.3 is 4.90 Å². The fraction of sp³-hybridized carbons (Fsp3) is 0.292. The molecule has 4 rings (SSSR count). The Morgan fingerprint density at radius 2 is 1.83 bits per heavy atom. The Labute approximate surface area is 175 Å². The number of halogens is 1. The second-order valence-corrected chi connectivity index (χ2v) is 7.75. The third kappa shape index (κ3) is 3.54. The van der Waals surface area contributed by atoms with Gasteiger partial charge in [0.15, 0.2) is 5.65 Å². The van der Waals surface area contributed by atoms with Crippen LogP contribution in [0.3, 0.4) is 0 Å². The maximum absolute atomic E-state index is 13.2. The maximum Gasteiger partial charge on any atom is 0.223 e. The van der Waals surface area contributed by atoms with Crippen molar-refractivity contribution in [2.24, 2.45) is 0 Å². The summed E-state index contributed by atoms with van der Waals surface area (Å²) in [6.45, 7) is 5.96. The summed E-state index contributed by atoms with van der Waals surface area (Å²) in [6, 6.07) is 14.1. The van der Waals surface area contributed by atoms with Gasteiger partial charge in [0.2, 0.25) is 5.91 Å². The number of aryl methyl sites for hydroxylation is 2. The van der Waals surface area contributed by atoms with Crippen molar-refractivity contribution in [2.75, 3.05) is 7.05 Å². The molecule has 2 aromatic carbocycles. The Morgan fingerprint density at radius 3 is 2.57 bits per heavy atom. The number of fused-ring (bicyclic) bond motifs is 3. The molecular weight excluding hydrogens is 379 g/mol. The van der Waals surface area contributed by atoms with E-state index in [1.54, 1.807) is 24.1 Å². The zero-order valence-corrected chi connectivity index (χ0v) is 17.7. The zero-order valence-electron chi connectivity index (χ0n) is 17.7. The van der Waals surface area contributed by atoms with E-state index >= 15 is 0 Å². The molecule has 4 aromatic rings. The van der Waals surface area contributed by atoms with E-state index < -0.39 is 0 Å². The van der Waals surface area contributed by atoms with Crippen molar-refractivity contribution in [3.8, 4) is 0 Å². The molecule has 2 heterocycles. The van der Waals surface area contributed by atoms with E-state index in [0.29, 0.717) is 12.8 Å². The van der Waals surface area contributed by atoms with Crippen LogP contribution in [0.4, 0.5) is 4.39 Å². The van der Waals surface area contributed by atoms with Crippen LogP contribution >= 0.6 is 0 Å². The normalized spacial score (nSPS) is 12.4. The Kier molecular flexibility index (Phi) is 5.24. The van der Waals surface area contributed by atoms with E-state index in [9.17, 15) is 9.18 Å². The number of hydrogen-bond acceptors (Lipinski definition) is 3. The van der Waals surface area contributed by atoms with Gasteiger partial charge in [0, 0.05) is 30.2 Å². The summed E-state index contributed by atoms with van der Waals surface area (Å²) in [5.74, 6) is -0.239. The standard InChI is InChI=1S/C24H25FN4O/c1-15-20(17(3)29-24(26-15)21-7-5-6-8-22(21)27-29)13-14-23(30)28(4)16(2)18-9-11-19(25)12-10-18/h5-12,16H,13-14H2,1-4H3. The van der Waals surface area contributed by atoms with Crippen LogP contribution in [-0.4, -0.2) is 32.5 Å². The van der Waals surface area contributed by atoms with Crippen molar-refractivity contribution in [1.82, 2.24) is 19.5 Å². The molecule has 1 atom stereocenters. The Bertz CT molecular complexity index is 1230. The largest absolute Gasteiger partial charge is 0.339 e. The molecule has 0 spiro atoms. The van der Waals surface area contributed by atoms with Crippen LogP contribution < -0.4 is 0 Å². The first-order chi connectivity index (χ1) is 14.4. The van der Waals surface area contributed by atoms with E-state index in [-0.39, 0.29) is 17.8 Å². The number of carbonyl (C=O) groups excluding carboxylic acids is 1. The molecule has 0 bridgehead atoms. The Hall–Kier alpha value is -3.28. The van der Waals surface area contributed by atoms with Gasteiger partial charge in [-0.05, 0) is 62.6 Å². The van der Waals surface area contributed by atoms with Gasteiger partial charge in [-0.1, -0.05) is 24.3 Å². The van der Waals surface area contributed by atoms with E-state index in [2.05, 4.69) is 5.10 Å². The van der Waals surface area contributed by atoms with Gasteiger partial charge in [-0.3, -0.25) is 4.79 Å². The van der Waals surface area contributed by atoms with Gasteiger partial charge in [-0.25, -0.2) is 13.9 Å². The molecule has 0 aliphatic heterocycles. The molecule has 1 amide bonds. The monoisotopic (exact) mass is 404 g/mol. The number of nitrogens with zero attached hydrogens (tertiary/aromatic N) is 4. The summed E-state index contributed by atoms with van der Waals surface area (Å²) < 4.78 is 15.1. The van der Waals surface area contributed by atoms with E-state index in [4.69, 9.17) is 4.98 Å². The number of hydrogen-bond donors (Lipinski definition) is 0. The quantitative estimate of drug-likeness (QED) is 0.481. The topological polar surface area (TPSA) is 50.5 Å². The van der Waals surface area contributed by atoms with Crippen molar-refractivity contribution >= 4 is 22.5 Å². The first-order valence-electron chi connectivity index (χ1n) is 10.1. The average molecular weight is 404 g/mol. The van der Waals surface area contributed by atoms with Crippen molar-refractivity contribution in [3.05, 3.63) is 76.9 Å². The maximum atomic E-state index is 13.2. The second-order valence-electron chi connectivity index (χ2n) is 7.75. The van der Waals surface area contributed by atoms with Gasteiger partial charge in [-0.2, -0.15) is 5.10 Å². The predicted octanol–water partition coefficient (Wildman–Crippen LogP) is 4.79. The summed E-state index contributed by atoms with van der Waals surface area (Å²) in [5.41, 5.74) is 5.65. The molecule has 6 heteroatoms. The Morgan fingerprint density at radius 1 is 1.13 bits per heavy atom. The van der Waals surface area contributed by atoms with Crippen LogP contribution in [0.25, 0.3) is 16.6 Å². The first kappa shape index (κ1) is 20.0. The average Bonchev–Trinajstić information content (AvgIpc) is 3.11. The van der Waals surface area contributed by atoms with Gasteiger partial charge in [-0.15, -0.1) is 0 Å². The van der Waals surface area contributed by atoms with Gasteiger partial charge in [0.1, 0.15) is 5.82 Å². The fourth-order valence-corrected chi connectivity index (χ4v) is 3.93. The van der Waals surface area contributed by atoms with Crippen LogP contribution in [0.5, 0.6) is 0 Å². The highest BCUT2D eigenvalue weighted by atomic mass is 19.1. The number of carbonyl (C=O) groups is 1. The van der Waals surface area contributed by atoms with Crippen molar-refractivity contribution in [3.63, 3.8) is 0 Å². The minimum Gasteiger partial charge on any atom is -0.339 e. The third-order valence-electron chi connectivity index (χ3n) is 5.93. The zero-order chi connectivity index (χ0) is 21.4. The third-order valence-corrected chi connectivity index (χ3v) is 5.93. The molecule has 154 valence electrons. The highest BCUT2D eigenvalue weighted by Crippen LogP contribution is 2.24. The highest BCUT2D eigenvalue weighted by molar-refractivity contribution is 5.92. The minimum atomic E-state index is -0.278. The molecule has 0 saturated carbocycles. The number of amides is 1. The molecule has 0 N–H and O–H groups in total. The molecule has 0 aliphatic carbocycles. The molecule has 5 nitrogen and oxygen atoms in total. The smallest absolute Gasteiger partial charge is 0.223 e. The van der Waals surface area contributed by atoms with E-state index in [0.717, 1.165) is 39.1 Å². The van der Waals surface area contributed by atoms with Gasteiger partial charge in [0.05, 0.1) is 11.6 Å². The SMILES string of the molecule is Cc1nc2c3ccccc3nn2c(C)c1CCC(=O)N(C)C(C)c1ccc(F)cc1. The van der Waals surface area contributed by atoms with Crippen LogP contribution in [0.15, 0.2) is 48.5 Å². The summed E-state index contributed by atoms with van der Waals surface area (Å²) in [4.78, 5) is 19.3. The summed E-state index contributed by atoms with van der Waals surface area (Å²) in [5, 5.41) is 5.71. The number of aromatic nitrogens is 3. The number of benzene rings is 2. The van der Waals surface area contributed by atoms with E-state index in [1.165, 1.54) is 12.1 Å². The lowest BCUT2D eigenvalue weighted by Gasteiger charge is -2.25. The lowest BCUT2D eigenvalue weighted by atomic mass is 10.0. The molecular formula is C24H25FN4O. The molecule has 1 unspecified atom stereocenters. The Balaban J connectivity index is 1.54. The molecule has 0 aliphatic rings. The first-order valence-corrected chi connectivity index (χ1v) is 10.1. The fourth-order valence-electron chi connectivity index (χ4n) is 3.93. The van der Waals surface area contributed by atoms with Gasteiger partial charge in [0.25, 0.3) is 0 Å². The molecule has 2 aromatic heterocycles. The molecule has 30 heavy (non-hydrogen) atoms. The summed E-state index contributed by atoms with van der Waals surface area (Å²) >= 11 is 0. The van der Waals surface area contributed by atoms with E-state index in [1.807, 2.05) is 49.6 Å².